The fraction of sp³-hybridized carbons (Fsp3) is 0.154. The summed E-state index contributed by atoms with van der Waals surface area (Å²) in [6.07, 6.45) is 3.00. The molecule has 0 saturated carbocycles. The van der Waals surface area contributed by atoms with Gasteiger partial charge in [-0.3, -0.25) is 9.59 Å². The summed E-state index contributed by atoms with van der Waals surface area (Å²) in [6.45, 7) is 0.262. The molecule has 4 N–H and O–H groups in total. The van der Waals surface area contributed by atoms with Gasteiger partial charge in [-0.05, 0) is 66.6 Å². The second kappa shape index (κ2) is 11.3. The van der Waals surface area contributed by atoms with Crippen molar-refractivity contribution in [2.75, 3.05) is 24.7 Å². The highest BCUT2D eigenvalue weighted by molar-refractivity contribution is 7.88. The average molecular weight is 538 g/mol. The predicted octanol–water partition coefficient (Wildman–Crippen LogP) is 3.11. The maximum atomic E-state index is 14.5. The molecule has 2 aromatic carbocycles. The molecule has 0 saturated heterocycles. The summed E-state index contributed by atoms with van der Waals surface area (Å²) >= 11 is 0. The van der Waals surface area contributed by atoms with E-state index in [1.165, 1.54) is 18.2 Å². The van der Waals surface area contributed by atoms with Gasteiger partial charge >= 0.3 is 0 Å². The van der Waals surface area contributed by atoms with Crippen LogP contribution in [-0.4, -0.2) is 49.6 Å². The van der Waals surface area contributed by atoms with Crippen LogP contribution in [0, 0.1) is 5.82 Å². The summed E-state index contributed by atoms with van der Waals surface area (Å²) in [6, 6.07) is 15.7. The Morgan fingerprint density at radius 3 is 2.63 bits per heavy atom. The van der Waals surface area contributed by atoms with Crippen LogP contribution in [0.4, 0.5) is 10.2 Å². The molecule has 2 amide bonds. The first-order chi connectivity index (χ1) is 18.1. The number of nitrogens with zero attached hydrogens (tertiary/aromatic N) is 2. The minimum absolute atomic E-state index is 0.111. The van der Waals surface area contributed by atoms with Crippen LogP contribution in [0.2, 0.25) is 0 Å². The molecule has 12 heteroatoms. The molecule has 0 bridgehead atoms. The summed E-state index contributed by atoms with van der Waals surface area (Å²) in [5, 5.41) is 3.55. The molecular weight excluding hydrogens is 513 g/mol. The van der Waals surface area contributed by atoms with Crippen LogP contribution in [0.15, 0.2) is 66.9 Å². The Balaban J connectivity index is 1.59. The molecular formula is C26H24FN5O5S. The van der Waals surface area contributed by atoms with E-state index in [9.17, 15) is 22.4 Å². The van der Waals surface area contributed by atoms with E-state index in [-0.39, 0.29) is 30.0 Å². The van der Waals surface area contributed by atoms with E-state index in [4.69, 9.17) is 10.5 Å². The molecule has 38 heavy (non-hydrogen) atoms. The average Bonchev–Trinajstić information content (AvgIpc) is 2.87. The second-order valence-electron chi connectivity index (χ2n) is 8.34. The van der Waals surface area contributed by atoms with E-state index in [2.05, 4.69) is 20.0 Å². The zero-order valence-electron chi connectivity index (χ0n) is 20.3. The van der Waals surface area contributed by atoms with E-state index in [1.54, 1.807) is 36.5 Å². The van der Waals surface area contributed by atoms with Gasteiger partial charge in [0, 0.05) is 29.3 Å². The van der Waals surface area contributed by atoms with Crippen molar-refractivity contribution in [3.63, 3.8) is 0 Å². The number of pyridine rings is 2. The minimum atomic E-state index is -3.35. The molecule has 4 rings (SSSR count). The first-order valence-electron chi connectivity index (χ1n) is 11.4. The summed E-state index contributed by atoms with van der Waals surface area (Å²) in [5.41, 5.74) is 6.53. The van der Waals surface area contributed by atoms with Gasteiger partial charge in [-0.2, -0.15) is 0 Å². The fourth-order valence-corrected chi connectivity index (χ4v) is 4.14. The molecule has 0 aliphatic heterocycles. The molecule has 2 aromatic heterocycles. The zero-order chi connectivity index (χ0) is 27.3. The van der Waals surface area contributed by atoms with E-state index in [1.807, 2.05) is 6.07 Å². The number of carbonyl (C=O) groups excluding carboxylic acids is 2. The first kappa shape index (κ1) is 26.6. The van der Waals surface area contributed by atoms with Gasteiger partial charge < -0.3 is 15.8 Å². The number of nitrogens with two attached hydrogens (primary N) is 1. The number of benzene rings is 2. The van der Waals surface area contributed by atoms with Crippen LogP contribution in [0.5, 0.6) is 5.75 Å². The molecule has 0 atom stereocenters. The monoisotopic (exact) mass is 537 g/mol. The Hall–Kier alpha value is -4.42. The van der Waals surface area contributed by atoms with Crippen molar-refractivity contribution >= 4 is 38.7 Å². The van der Waals surface area contributed by atoms with Crippen LogP contribution in [0.25, 0.3) is 22.2 Å². The third-order valence-corrected chi connectivity index (χ3v) is 6.17. The normalized spacial score (nSPS) is 11.3. The molecule has 0 radical (unpaired) electrons. The van der Waals surface area contributed by atoms with Crippen LogP contribution in [0.3, 0.4) is 0 Å². The summed E-state index contributed by atoms with van der Waals surface area (Å²) < 4.78 is 45.3. The lowest BCUT2D eigenvalue weighted by molar-refractivity contribution is 0.0994. The maximum Gasteiger partial charge on any atom is 0.256 e. The topological polar surface area (TPSA) is 153 Å². The van der Waals surface area contributed by atoms with Gasteiger partial charge in [-0.1, -0.05) is 6.07 Å². The lowest BCUT2D eigenvalue weighted by atomic mass is 10.00. The van der Waals surface area contributed by atoms with Crippen molar-refractivity contribution in [1.29, 1.82) is 0 Å². The van der Waals surface area contributed by atoms with Crippen molar-refractivity contribution in [3.05, 3.63) is 83.8 Å². The van der Waals surface area contributed by atoms with Gasteiger partial charge in [0.15, 0.2) is 5.65 Å². The standard InChI is InChI=1S/C26H24FN5O5S/c1-38(35,36)30-12-3-13-37-22-15-18(6-8-19(22)17-5-9-20(24(28)33)21(27)14-17)26(34)32-23-10-7-16-4-2-11-29-25(16)31-23/h2,4-11,14-15,30H,3,12-13H2,1H3,(H2,28,33)(H,29,31,32,34). The smallest absolute Gasteiger partial charge is 0.256 e. The minimum Gasteiger partial charge on any atom is -0.493 e. The number of amides is 2. The van der Waals surface area contributed by atoms with E-state index < -0.39 is 27.7 Å². The molecule has 4 aromatic rings. The predicted molar refractivity (Wildman–Crippen MR) is 141 cm³/mol. The summed E-state index contributed by atoms with van der Waals surface area (Å²) in [7, 11) is -3.35. The number of rotatable bonds is 10. The molecule has 0 aliphatic carbocycles. The van der Waals surface area contributed by atoms with Gasteiger partial charge in [-0.15, -0.1) is 0 Å². The Morgan fingerprint density at radius 2 is 1.89 bits per heavy atom. The number of ether oxygens (including phenoxy) is 1. The molecule has 0 unspecified atom stereocenters. The number of hydrogen-bond donors (Lipinski definition) is 3. The van der Waals surface area contributed by atoms with Crippen molar-refractivity contribution in [2.45, 2.75) is 6.42 Å². The van der Waals surface area contributed by atoms with Crippen LogP contribution in [0.1, 0.15) is 27.1 Å². The SMILES string of the molecule is CS(=O)(=O)NCCCOc1cc(C(=O)Nc2ccc3cccnc3n2)ccc1-c1ccc(C(N)=O)c(F)c1. The highest BCUT2D eigenvalue weighted by atomic mass is 32.2. The molecule has 2 heterocycles. The summed E-state index contributed by atoms with van der Waals surface area (Å²) in [5.74, 6) is -1.58. The van der Waals surface area contributed by atoms with Gasteiger partial charge in [-0.25, -0.2) is 27.5 Å². The van der Waals surface area contributed by atoms with Crippen molar-refractivity contribution in [1.82, 2.24) is 14.7 Å². The van der Waals surface area contributed by atoms with Crippen LogP contribution in [-0.2, 0) is 10.0 Å². The molecule has 0 fully saturated rings. The number of sulfonamides is 1. The second-order valence-corrected chi connectivity index (χ2v) is 10.2. The molecule has 0 aliphatic rings. The van der Waals surface area contributed by atoms with Gasteiger partial charge in [0.2, 0.25) is 10.0 Å². The Kier molecular flexibility index (Phi) is 7.93. The summed E-state index contributed by atoms with van der Waals surface area (Å²) in [4.78, 5) is 32.9. The number of halogens is 1. The van der Waals surface area contributed by atoms with Gasteiger partial charge in [0.1, 0.15) is 17.4 Å². The van der Waals surface area contributed by atoms with Crippen molar-refractivity contribution < 1.29 is 27.1 Å². The Morgan fingerprint density at radius 1 is 1.08 bits per heavy atom. The lowest BCUT2D eigenvalue weighted by Gasteiger charge is -2.14. The highest BCUT2D eigenvalue weighted by Gasteiger charge is 2.16. The first-order valence-corrected chi connectivity index (χ1v) is 13.3. The Bertz CT molecular complexity index is 1630. The number of carbonyl (C=O) groups is 2. The zero-order valence-corrected chi connectivity index (χ0v) is 21.1. The number of nitrogens with one attached hydrogen (secondary N) is 2. The largest absolute Gasteiger partial charge is 0.493 e. The number of hydrogen-bond acceptors (Lipinski definition) is 7. The Labute approximate surface area is 218 Å². The highest BCUT2D eigenvalue weighted by Crippen LogP contribution is 2.32. The van der Waals surface area contributed by atoms with Crippen molar-refractivity contribution in [2.24, 2.45) is 5.73 Å². The molecule has 196 valence electrons. The van der Waals surface area contributed by atoms with Crippen molar-refractivity contribution in [3.8, 4) is 16.9 Å². The van der Waals surface area contributed by atoms with Crippen LogP contribution < -0.4 is 20.5 Å². The number of primary amides is 1. The van der Waals surface area contributed by atoms with E-state index >= 15 is 0 Å². The lowest BCUT2D eigenvalue weighted by Crippen LogP contribution is -2.24. The molecule has 10 nitrogen and oxygen atoms in total. The fourth-order valence-electron chi connectivity index (χ4n) is 3.63. The number of fused-ring (bicyclic) bond motifs is 1. The number of anilines is 1. The van der Waals surface area contributed by atoms with E-state index in [0.717, 1.165) is 17.7 Å². The van der Waals surface area contributed by atoms with Gasteiger partial charge in [0.25, 0.3) is 11.8 Å². The van der Waals surface area contributed by atoms with E-state index in [0.29, 0.717) is 29.0 Å². The maximum absolute atomic E-state index is 14.5. The third kappa shape index (κ3) is 6.66. The third-order valence-electron chi connectivity index (χ3n) is 5.44. The number of aromatic nitrogens is 2. The molecule has 0 spiro atoms. The quantitative estimate of drug-likeness (QED) is 0.263. The van der Waals surface area contributed by atoms with Crippen LogP contribution >= 0.6 is 0 Å². The van der Waals surface area contributed by atoms with Gasteiger partial charge in [0.05, 0.1) is 18.4 Å².